The Kier molecular flexibility index (Phi) is 5.32. The van der Waals surface area contributed by atoms with E-state index in [0.717, 1.165) is 36.6 Å². The van der Waals surface area contributed by atoms with E-state index in [0.29, 0.717) is 5.52 Å². The summed E-state index contributed by atoms with van der Waals surface area (Å²) >= 11 is 0. The number of nitrogens with zero attached hydrogens (tertiary/aromatic N) is 3. The number of benzene rings is 1. The Hall–Kier alpha value is -2.28. The third-order valence-electron chi connectivity index (χ3n) is 4.79. The standard InChI is InChI=1S/C22H28FN3O2S/c1-21(2,3)10-12-26-18-8-7-15(13-17(18)25-20(26)22(4,5)6)29(27,28)16-9-11-24-19(23)14-16/h7-9,11,13-14H,10,12H2,1-6H3. The number of aryl methyl sites for hydroxylation is 1. The molecule has 3 rings (SSSR count). The van der Waals surface area contributed by atoms with E-state index >= 15 is 0 Å². The monoisotopic (exact) mass is 417 g/mol. The van der Waals surface area contributed by atoms with E-state index < -0.39 is 15.8 Å². The van der Waals surface area contributed by atoms with Gasteiger partial charge in [0.25, 0.3) is 0 Å². The summed E-state index contributed by atoms with van der Waals surface area (Å²) in [5, 5.41) is 0. The van der Waals surface area contributed by atoms with E-state index in [4.69, 9.17) is 4.98 Å². The lowest BCUT2D eigenvalue weighted by Crippen LogP contribution is -2.21. The smallest absolute Gasteiger partial charge is 0.214 e. The average molecular weight is 418 g/mol. The zero-order valence-corrected chi connectivity index (χ0v) is 18.6. The van der Waals surface area contributed by atoms with Crippen LogP contribution in [0.5, 0.6) is 0 Å². The quantitative estimate of drug-likeness (QED) is 0.552. The topological polar surface area (TPSA) is 64.8 Å². The van der Waals surface area contributed by atoms with Gasteiger partial charge < -0.3 is 4.57 Å². The minimum Gasteiger partial charge on any atom is -0.328 e. The van der Waals surface area contributed by atoms with E-state index in [1.807, 2.05) is 0 Å². The molecule has 3 aromatic rings. The van der Waals surface area contributed by atoms with Crippen molar-refractivity contribution in [2.75, 3.05) is 0 Å². The molecule has 2 aromatic heterocycles. The third-order valence-corrected chi connectivity index (χ3v) is 6.54. The second-order valence-corrected chi connectivity index (χ2v) is 11.6. The summed E-state index contributed by atoms with van der Waals surface area (Å²) in [6, 6.07) is 7.17. The van der Waals surface area contributed by atoms with Crippen molar-refractivity contribution >= 4 is 20.9 Å². The highest BCUT2D eigenvalue weighted by Gasteiger charge is 2.26. The number of sulfone groups is 1. The van der Waals surface area contributed by atoms with Gasteiger partial charge >= 0.3 is 0 Å². The average Bonchev–Trinajstić information content (AvgIpc) is 2.97. The number of aromatic nitrogens is 3. The highest BCUT2D eigenvalue weighted by molar-refractivity contribution is 7.91. The molecule has 0 aliphatic heterocycles. The van der Waals surface area contributed by atoms with Crippen molar-refractivity contribution < 1.29 is 12.8 Å². The first kappa shape index (κ1) is 21.4. The predicted molar refractivity (Wildman–Crippen MR) is 112 cm³/mol. The fourth-order valence-electron chi connectivity index (χ4n) is 3.21. The van der Waals surface area contributed by atoms with Crippen LogP contribution in [0.3, 0.4) is 0 Å². The molecule has 0 saturated heterocycles. The molecule has 5 nitrogen and oxygen atoms in total. The van der Waals surface area contributed by atoms with Gasteiger partial charge in [-0.1, -0.05) is 41.5 Å². The maximum Gasteiger partial charge on any atom is 0.214 e. The summed E-state index contributed by atoms with van der Waals surface area (Å²) in [4.78, 5) is 8.19. The van der Waals surface area contributed by atoms with Crippen molar-refractivity contribution in [3.63, 3.8) is 0 Å². The van der Waals surface area contributed by atoms with E-state index in [9.17, 15) is 12.8 Å². The Morgan fingerprint density at radius 1 is 1.00 bits per heavy atom. The van der Waals surface area contributed by atoms with Crippen molar-refractivity contribution in [1.29, 1.82) is 0 Å². The predicted octanol–water partition coefficient (Wildman–Crippen LogP) is 5.14. The van der Waals surface area contributed by atoms with Gasteiger partial charge in [-0.15, -0.1) is 0 Å². The number of fused-ring (bicyclic) bond motifs is 1. The first-order valence-corrected chi connectivity index (χ1v) is 11.1. The molecule has 0 bridgehead atoms. The van der Waals surface area contributed by atoms with Crippen LogP contribution in [0.2, 0.25) is 0 Å². The number of rotatable bonds is 4. The zero-order valence-electron chi connectivity index (χ0n) is 17.8. The van der Waals surface area contributed by atoms with Crippen molar-refractivity contribution in [2.24, 2.45) is 5.41 Å². The van der Waals surface area contributed by atoms with Crippen LogP contribution in [0.15, 0.2) is 46.3 Å². The molecule has 0 aliphatic rings. The maximum absolute atomic E-state index is 13.4. The Balaban J connectivity index is 2.13. The molecule has 0 spiro atoms. The number of hydrogen-bond acceptors (Lipinski definition) is 4. The molecular formula is C22H28FN3O2S. The molecule has 2 heterocycles. The Morgan fingerprint density at radius 2 is 1.66 bits per heavy atom. The van der Waals surface area contributed by atoms with E-state index in [1.54, 1.807) is 18.2 Å². The van der Waals surface area contributed by atoms with E-state index in [-0.39, 0.29) is 20.6 Å². The largest absolute Gasteiger partial charge is 0.328 e. The fourth-order valence-corrected chi connectivity index (χ4v) is 4.49. The lowest BCUT2D eigenvalue weighted by Gasteiger charge is -2.23. The SMILES string of the molecule is CC(C)(C)CCn1c(C(C)(C)C)nc2cc(S(=O)(=O)c3ccnc(F)c3)ccc21. The van der Waals surface area contributed by atoms with Crippen LogP contribution in [-0.2, 0) is 21.8 Å². The second-order valence-electron chi connectivity index (χ2n) is 9.62. The molecule has 156 valence electrons. The lowest BCUT2D eigenvalue weighted by atomic mass is 9.91. The number of hydrogen-bond donors (Lipinski definition) is 0. The third kappa shape index (κ3) is 4.50. The van der Waals surface area contributed by atoms with Gasteiger partial charge in [0, 0.05) is 24.2 Å². The summed E-state index contributed by atoms with van der Waals surface area (Å²) in [7, 11) is -3.86. The molecule has 0 amide bonds. The van der Waals surface area contributed by atoms with Crippen molar-refractivity contribution in [1.82, 2.24) is 14.5 Å². The summed E-state index contributed by atoms with van der Waals surface area (Å²) in [5.74, 6) is 0.0925. The summed E-state index contributed by atoms with van der Waals surface area (Å²) in [5.41, 5.74) is 1.50. The normalized spacial score (nSPS) is 13.2. The van der Waals surface area contributed by atoms with Crippen molar-refractivity contribution in [3.8, 4) is 0 Å². The van der Waals surface area contributed by atoms with Crippen LogP contribution < -0.4 is 0 Å². The van der Waals surface area contributed by atoms with Crippen LogP contribution in [0.25, 0.3) is 11.0 Å². The molecule has 0 atom stereocenters. The van der Waals surface area contributed by atoms with Gasteiger partial charge in [0.2, 0.25) is 15.8 Å². The summed E-state index contributed by atoms with van der Waals surface area (Å²) in [6.07, 6.45) is 2.12. The lowest BCUT2D eigenvalue weighted by molar-refractivity contribution is 0.344. The number of halogens is 1. The summed E-state index contributed by atoms with van der Waals surface area (Å²) in [6.45, 7) is 13.7. The highest BCUT2D eigenvalue weighted by atomic mass is 32.2. The van der Waals surface area contributed by atoms with Crippen LogP contribution >= 0.6 is 0 Å². The van der Waals surface area contributed by atoms with Gasteiger partial charge in [-0.2, -0.15) is 4.39 Å². The number of pyridine rings is 1. The highest BCUT2D eigenvalue weighted by Crippen LogP contribution is 2.31. The first-order valence-electron chi connectivity index (χ1n) is 9.66. The molecule has 1 aromatic carbocycles. The van der Waals surface area contributed by atoms with Gasteiger partial charge in [0.1, 0.15) is 5.82 Å². The minimum absolute atomic E-state index is 0.0940. The molecule has 0 saturated carbocycles. The van der Waals surface area contributed by atoms with Crippen molar-refractivity contribution in [3.05, 3.63) is 48.3 Å². The minimum atomic E-state index is -3.86. The van der Waals surface area contributed by atoms with Crippen molar-refractivity contribution in [2.45, 2.75) is 69.7 Å². The zero-order chi connectivity index (χ0) is 21.6. The van der Waals surface area contributed by atoms with Gasteiger partial charge in [-0.05, 0) is 36.1 Å². The van der Waals surface area contributed by atoms with Crippen LogP contribution in [-0.4, -0.2) is 23.0 Å². The van der Waals surface area contributed by atoms with Gasteiger partial charge in [0.05, 0.1) is 20.8 Å². The molecule has 7 heteroatoms. The fraction of sp³-hybridized carbons (Fsp3) is 0.455. The van der Waals surface area contributed by atoms with Gasteiger partial charge in [-0.25, -0.2) is 18.4 Å². The molecule has 0 fully saturated rings. The molecule has 0 radical (unpaired) electrons. The molecular weight excluding hydrogens is 389 g/mol. The Morgan fingerprint density at radius 3 is 2.24 bits per heavy atom. The van der Waals surface area contributed by atoms with Crippen LogP contribution in [0.4, 0.5) is 4.39 Å². The van der Waals surface area contributed by atoms with Crippen LogP contribution in [0.1, 0.15) is 53.8 Å². The molecule has 0 N–H and O–H groups in total. The first-order chi connectivity index (χ1) is 13.3. The van der Waals surface area contributed by atoms with Crippen LogP contribution in [0, 0.1) is 11.4 Å². The van der Waals surface area contributed by atoms with Gasteiger partial charge in [-0.3, -0.25) is 0 Å². The molecule has 29 heavy (non-hydrogen) atoms. The van der Waals surface area contributed by atoms with E-state index in [1.165, 1.54) is 6.07 Å². The van der Waals surface area contributed by atoms with E-state index in [2.05, 4.69) is 51.1 Å². The maximum atomic E-state index is 13.4. The second kappa shape index (κ2) is 7.20. The van der Waals surface area contributed by atoms with Gasteiger partial charge in [0.15, 0.2) is 0 Å². The molecule has 0 unspecified atom stereocenters. The number of imidazole rings is 1. The Bertz CT molecular complexity index is 1150. The molecule has 0 aliphatic carbocycles. The summed E-state index contributed by atoms with van der Waals surface area (Å²) < 4.78 is 41.5. The Labute approximate surface area is 171 Å².